The average Bonchev–Trinajstić information content (AvgIpc) is 3.11. The second-order valence-corrected chi connectivity index (χ2v) is 8.74. The van der Waals surface area contributed by atoms with Crippen molar-refractivity contribution in [3.8, 4) is 11.1 Å². The van der Waals surface area contributed by atoms with Crippen LogP contribution < -0.4 is 11.1 Å². The molecular formula is C21H16F3N5O2S. The fourth-order valence-electron chi connectivity index (χ4n) is 3.27. The Labute approximate surface area is 183 Å². The lowest BCUT2D eigenvalue weighted by Crippen LogP contribution is -2.44. The predicted molar refractivity (Wildman–Crippen MR) is 110 cm³/mol. The number of carbonyl (C=O) groups is 1. The number of rotatable bonds is 6. The lowest BCUT2D eigenvalue weighted by atomic mass is 10.0. The number of hydrogen-bond donors (Lipinski definition) is 2. The van der Waals surface area contributed by atoms with Gasteiger partial charge in [-0.25, -0.2) is 18.2 Å². The van der Waals surface area contributed by atoms with E-state index in [2.05, 4.69) is 20.5 Å². The van der Waals surface area contributed by atoms with Gasteiger partial charge in [0.25, 0.3) is 0 Å². The number of halogens is 3. The van der Waals surface area contributed by atoms with Crippen molar-refractivity contribution >= 4 is 27.5 Å². The molecule has 7 nitrogen and oxygen atoms in total. The Balaban J connectivity index is 1.35. The summed E-state index contributed by atoms with van der Waals surface area (Å²) < 4.78 is 48.4. The molecule has 2 heterocycles. The fraction of sp³-hybridized carbons (Fsp3) is 0.238. The van der Waals surface area contributed by atoms with E-state index in [0.29, 0.717) is 10.5 Å². The van der Waals surface area contributed by atoms with Crippen LogP contribution in [0, 0.1) is 17.5 Å². The van der Waals surface area contributed by atoms with E-state index in [4.69, 9.17) is 10.2 Å². The third-order valence-electron chi connectivity index (χ3n) is 5.06. The van der Waals surface area contributed by atoms with Crippen molar-refractivity contribution < 1.29 is 22.4 Å². The Morgan fingerprint density at radius 3 is 2.69 bits per heavy atom. The number of nitrogens with one attached hydrogen (secondary N) is 1. The molecule has 2 aromatic carbocycles. The summed E-state index contributed by atoms with van der Waals surface area (Å²) in [6.07, 6.45) is 1.51. The SMILES string of the molecule is NC1(NC(=O)Cc2nnc(Cc3nc4ccc(-c5cc(F)ccc5F)c(F)c4s3)o2)CC1. The minimum atomic E-state index is -0.723. The Bertz CT molecular complexity index is 1350. The van der Waals surface area contributed by atoms with E-state index in [1.165, 1.54) is 6.07 Å². The van der Waals surface area contributed by atoms with Gasteiger partial charge >= 0.3 is 0 Å². The van der Waals surface area contributed by atoms with E-state index in [9.17, 15) is 13.6 Å². The molecule has 0 spiro atoms. The van der Waals surface area contributed by atoms with Crippen LogP contribution in [-0.4, -0.2) is 26.8 Å². The molecule has 0 radical (unpaired) electrons. The van der Waals surface area contributed by atoms with Crippen molar-refractivity contribution in [1.82, 2.24) is 20.5 Å². The van der Waals surface area contributed by atoms with Gasteiger partial charge in [-0.05, 0) is 43.2 Å². The first-order valence-corrected chi connectivity index (χ1v) is 10.6. The highest BCUT2D eigenvalue weighted by Crippen LogP contribution is 2.34. The Kier molecular flexibility index (Phi) is 4.94. The fourth-order valence-corrected chi connectivity index (χ4v) is 4.27. The van der Waals surface area contributed by atoms with Crippen LogP contribution in [0.15, 0.2) is 34.7 Å². The van der Waals surface area contributed by atoms with Gasteiger partial charge in [0.15, 0.2) is 5.82 Å². The summed E-state index contributed by atoms with van der Waals surface area (Å²) in [5.41, 5.74) is 5.38. The summed E-state index contributed by atoms with van der Waals surface area (Å²) in [5, 5.41) is 11.0. The van der Waals surface area contributed by atoms with Gasteiger partial charge in [-0.15, -0.1) is 21.5 Å². The molecule has 4 aromatic rings. The van der Waals surface area contributed by atoms with Crippen LogP contribution in [0.1, 0.15) is 29.6 Å². The highest BCUT2D eigenvalue weighted by Gasteiger charge is 2.39. The summed E-state index contributed by atoms with van der Waals surface area (Å²) in [5.74, 6) is -2.02. The zero-order valence-corrected chi connectivity index (χ0v) is 17.3. The van der Waals surface area contributed by atoms with Gasteiger partial charge in [-0.1, -0.05) is 0 Å². The van der Waals surface area contributed by atoms with Crippen LogP contribution in [0.25, 0.3) is 21.3 Å². The molecule has 1 saturated carbocycles. The third kappa shape index (κ3) is 4.08. The maximum atomic E-state index is 15.1. The van der Waals surface area contributed by atoms with Crippen LogP contribution >= 0.6 is 11.3 Å². The summed E-state index contributed by atoms with van der Waals surface area (Å²) >= 11 is 1.05. The zero-order valence-electron chi connectivity index (χ0n) is 16.5. The van der Waals surface area contributed by atoms with Gasteiger partial charge in [0, 0.05) is 11.1 Å². The Morgan fingerprint density at radius 1 is 1.12 bits per heavy atom. The minimum Gasteiger partial charge on any atom is -0.424 e. The molecule has 0 aliphatic heterocycles. The van der Waals surface area contributed by atoms with Crippen molar-refractivity contribution in [1.29, 1.82) is 0 Å². The molecule has 0 atom stereocenters. The number of benzene rings is 2. The maximum Gasteiger partial charge on any atom is 0.230 e. The van der Waals surface area contributed by atoms with Crippen molar-refractivity contribution in [3.63, 3.8) is 0 Å². The topological polar surface area (TPSA) is 107 Å². The van der Waals surface area contributed by atoms with Crippen LogP contribution in [0.4, 0.5) is 13.2 Å². The molecule has 0 saturated heterocycles. The summed E-state index contributed by atoms with van der Waals surface area (Å²) in [6, 6.07) is 5.79. The van der Waals surface area contributed by atoms with Crippen LogP contribution in [0.2, 0.25) is 0 Å². The average molecular weight is 459 g/mol. The Morgan fingerprint density at radius 2 is 1.91 bits per heavy atom. The van der Waals surface area contributed by atoms with E-state index >= 15 is 4.39 Å². The molecule has 1 aliphatic rings. The van der Waals surface area contributed by atoms with Crippen molar-refractivity contribution in [3.05, 3.63) is 64.6 Å². The lowest BCUT2D eigenvalue weighted by Gasteiger charge is -2.09. The van der Waals surface area contributed by atoms with E-state index in [1.54, 1.807) is 6.07 Å². The number of hydrogen-bond acceptors (Lipinski definition) is 7. The van der Waals surface area contributed by atoms with Crippen LogP contribution in [0.5, 0.6) is 0 Å². The number of nitrogens with two attached hydrogens (primary N) is 1. The van der Waals surface area contributed by atoms with E-state index in [0.717, 1.165) is 42.4 Å². The number of thiazole rings is 1. The summed E-state index contributed by atoms with van der Waals surface area (Å²) in [4.78, 5) is 16.3. The quantitative estimate of drug-likeness (QED) is 0.428. The van der Waals surface area contributed by atoms with Gasteiger partial charge in [-0.2, -0.15) is 0 Å². The molecule has 2 aromatic heterocycles. The maximum absolute atomic E-state index is 15.1. The molecule has 0 unspecified atom stereocenters. The molecule has 1 amide bonds. The third-order valence-corrected chi connectivity index (χ3v) is 6.12. The van der Waals surface area contributed by atoms with Crippen molar-refractivity contribution in [2.45, 2.75) is 31.3 Å². The molecular weight excluding hydrogens is 443 g/mol. The predicted octanol–water partition coefficient (Wildman–Crippen LogP) is 3.46. The molecule has 164 valence electrons. The second kappa shape index (κ2) is 7.68. The van der Waals surface area contributed by atoms with E-state index < -0.39 is 23.1 Å². The summed E-state index contributed by atoms with van der Waals surface area (Å²) in [7, 11) is 0. The van der Waals surface area contributed by atoms with Gasteiger partial charge in [0.2, 0.25) is 17.7 Å². The highest BCUT2D eigenvalue weighted by atomic mass is 32.1. The molecule has 0 bridgehead atoms. The van der Waals surface area contributed by atoms with E-state index in [1.807, 2.05) is 0 Å². The van der Waals surface area contributed by atoms with Crippen LogP contribution in [-0.2, 0) is 17.6 Å². The molecule has 1 aliphatic carbocycles. The largest absolute Gasteiger partial charge is 0.424 e. The first-order chi connectivity index (χ1) is 15.3. The second-order valence-electron chi connectivity index (χ2n) is 7.65. The van der Waals surface area contributed by atoms with Crippen molar-refractivity contribution in [2.75, 3.05) is 0 Å². The van der Waals surface area contributed by atoms with E-state index in [-0.39, 0.29) is 46.4 Å². The first-order valence-electron chi connectivity index (χ1n) is 9.74. The molecule has 5 rings (SSSR count). The minimum absolute atomic E-state index is 0.0517. The number of nitrogens with zero attached hydrogens (tertiary/aromatic N) is 3. The Hall–Kier alpha value is -3.31. The lowest BCUT2D eigenvalue weighted by molar-refractivity contribution is -0.121. The van der Waals surface area contributed by atoms with Gasteiger partial charge in [0.1, 0.15) is 23.1 Å². The van der Waals surface area contributed by atoms with Crippen LogP contribution in [0.3, 0.4) is 0 Å². The number of aromatic nitrogens is 3. The van der Waals surface area contributed by atoms with Gasteiger partial charge < -0.3 is 15.5 Å². The molecule has 11 heteroatoms. The molecule has 3 N–H and O–H groups in total. The smallest absolute Gasteiger partial charge is 0.230 e. The number of amides is 1. The van der Waals surface area contributed by atoms with Crippen molar-refractivity contribution in [2.24, 2.45) is 5.73 Å². The van der Waals surface area contributed by atoms with Gasteiger partial charge in [0.05, 0.1) is 22.3 Å². The molecule has 32 heavy (non-hydrogen) atoms. The number of fused-ring (bicyclic) bond motifs is 1. The normalized spacial score (nSPS) is 14.6. The highest BCUT2D eigenvalue weighted by molar-refractivity contribution is 7.18. The molecule has 1 fully saturated rings. The number of carbonyl (C=O) groups excluding carboxylic acids is 1. The zero-order chi connectivity index (χ0) is 22.5. The monoisotopic (exact) mass is 459 g/mol. The standard InChI is InChI=1S/C21H16F3N5O2S/c22-10-1-3-13(23)12(7-10)11-2-4-14-20(19(11)24)32-18(26-14)9-17-29-28-16(31-17)8-15(30)27-21(25)5-6-21/h1-4,7H,5-6,8-9,25H2,(H,27,30). The summed E-state index contributed by atoms with van der Waals surface area (Å²) in [6.45, 7) is 0. The first kappa shape index (κ1) is 20.6. The van der Waals surface area contributed by atoms with Gasteiger partial charge in [-0.3, -0.25) is 4.79 Å².